The first-order chi connectivity index (χ1) is 9.88. The summed E-state index contributed by atoms with van der Waals surface area (Å²) in [6.45, 7) is 3.01. The molecule has 1 nitrogen and oxygen atoms in total. The van der Waals surface area contributed by atoms with Crippen molar-refractivity contribution in [2.75, 3.05) is 6.61 Å². The molecular formula is C19H22O. The van der Waals surface area contributed by atoms with Gasteiger partial charge in [0.05, 0.1) is 6.61 Å². The Morgan fingerprint density at radius 2 is 1.45 bits per heavy atom. The second-order valence-corrected chi connectivity index (χ2v) is 4.87. The number of hydrogen-bond acceptors (Lipinski definition) is 1. The normalized spacial score (nSPS) is 10.8. The third kappa shape index (κ3) is 4.93. The van der Waals surface area contributed by atoms with Crippen molar-refractivity contribution in [1.29, 1.82) is 0 Å². The Labute approximate surface area is 121 Å². The van der Waals surface area contributed by atoms with Gasteiger partial charge in [0.1, 0.15) is 5.75 Å². The van der Waals surface area contributed by atoms with Crippen molar-refractivity contribution in [2.45, 2.75) is 26.2 Å². The third-order valence-electron chi connectivity index (χ3n) is 3.16. The largest absolute Gasteiger partial charge is 0.494 e. The van der Waals surface area contributed by atoms with Crippen LogP contribution >= 0.6 is 0 Å². The first-order valence-corrected chi connectivity index (χ1v) is 7.34. The molecule has 0 amide bonds. The zero-order chi connectivity index (χ0) is 14.0. The van der Waals surface area contributed by atoms with Crippen LogP contribution in [0.25, 0.3) is 12.2 Å². The smallest absolute Gasteiger partial charge is 0.119 e. The molecule has 0 heterocycles. The monoisotopic (exact) mass is 266 g/mol. The lowest BCUT2D eigenvalue weighted by molar-refractivity contribution is 0.306. The quantitative estimate of drug-likeness (QED) is 0.480. The van der Waals surface area contributed by atoms with Gasteiger partial charge in [-0.1, -0.05) is 74.4 Å². The van der Waals surface area contributed by atoms with E-state index in [0.717, 1.165) is 18.8 Å². The molecule has 2 aromatic carbocycles. The van der Waals surface area contributed by atoms with Gasteiger partial charge in [-0.05, 0) is 29.7 Å². The van der Waals surface area contributed by atoms with Crippen LogP contribution in [0.3, 0.4) is 0 Å². The lowest BCUT2D eigenvalue weighted by atomic mass is 10.1. The van der Waals surface area contributed by atoms with Crippen molar-refractivity contribution in [3.63, 3.8) is 0 Å². The molecule has 0 saturated heterocycles. The molecule has 0 aliphatic rings. The molecular weight excluding hydrogens is 244 g/mol. The minimum atomic E-state index is 0.813. The summed E-state index contributed by atoms with van der Waals surface area (Å²) >= 11 is 0. The molecule has 0 aliphatic carbocycles. The summed E-state index contributed by atoms with van der Waals surface area (Å²) in [4.78, 5) is 0. The maximum Gasteiger partial charge on any atom is 0.119 e. The van der Waals surface area contributed by atoms with E-state index >= 15 is 0 Å². The molecule has 0 saturated carbocycles. The molecule has 0 atom stereocenters. The zero-order valence-corrected chi connectivity index (χ0v) is 12.1. The zero-order valence-electron chi connectivity index (χ0n) is 12.1. The van der Waals surface area contributed by atoms with Crippen LogP contribution in [0, 0.1) is 0 Å². The predicted molar refractivity (Wildman–Crippen MR) is 86.8 cm³/mol. The van der Waals surface area contributed by atoms with Crippen LogP contribution in [0.5, 0.6) is 5.75 Å². The minimum absolute atomic E-state index is 0.813. The van der Waals surface area contributed by atoms with E-state index in [1.165, 1.54) is 24.0 Å². The highest BCUT2D eigenvalue weighted by molar-refractivity contribution is 5.69. The van der Waals surface area contributed by atoms with Gasteiger partial charge in [-0.3, -0.25) is 0 Å². The van der Waals surface area contributed by atoms with E-state index in [2.05, 4.69) is 43.3 Å². The summed E-state index contributed by atoms with van der Waals surface area (Å²) in [5, 5.41) is 0. The van der Waals surface area contributed by atoms with E-state index in [1.807, 2.05) is 30.3 Å². The molecule has 2 rings (SSSR count). The summed E-state index contributed by atoms with van der Waals surface area (Å²) in [5.41, 5.74) is 2.40. The van der Waals surface area contributed by atoms with E-state index in [0.29, 0.717) is 0 Å². The van der Waals surface area contributed by atoms with Crippen molar-refractivity contribution in [3.8, 4) is 5.75 Å². The average Bonchev–Trinajstić information content (AvgIpc) is 2.52. The van der Waals surface area contributed by atoms with Gasteiger partial charge in [-0.2, -0.15) is 0 Å². The first kappa shape index (κ1) is 14.4. The van der Waals surface area contributed by atoms with Crippen LogP contribution in [0.2, 0.25) is 0 Å². The van der Waals surface area contributed by atoms with E-state index in [4.69, 9.17) is 4.74 Å². The fraction of sp³-hybridized carbons (Fsp3) is 0.263. The molecule has 0 aliphatic heterocycles. The number of ether oxygens (including phenoxy) is 1. The SMILES string of the molecule is CCCCCOc1ccc(/C=C/c2ccccc2)cc1. The van der Waals surface area contributed by atoms with Crippen LogP contribution in [-0.4, -0.2) is 6.61 Å². The van der Waals surface area contributed by atoms with Crippen molar-refractivity contribution < 1.29 is 4.74 Å². The van der Waals surface area contributed by atoms with Crippen molar-refractivity contribution >= 4 is 12.2 Å². The molecule has 20 heavy (non-hydrogen) atoms. The van der Waals surface area contributed by atoms with Gasteiger partial charge in [-0.25, -0.2) is 0 Å². The summed E-state index contributed by atoms with van der Waals surface area (Å²) in [7, 11) is 0. The second-order valence-electron chi connectivity index (χ2n) is 4.87. The van der Waals surface area contributed by atoms with Gasteiger partial charge in [0.25, 0.3) is 0 Å². The van der Waals surface area contributed by atoms with Gasteiger partial charge >= 0.3 is 0 Å². The van der Waals surface area contributed by atoms with Crippen molar-refractivity contribution in [2.24, 2.45) is 0 Å². The Bertz CT molecular complexity index is 511. The van der Waals surface area contributed by atoms with Crippen LogP contribution in [0.4, 0.5) is 0 Å². The summed E-state index contributed by atoms with van der Waals surface area (Å²) in [6, 6.07) is 18.6. The summed E-state index contributed by atoms with van der Waals surface area (Å²) < 4.78 is 5.70. The summed E-state index contributed by atoms with van der Waals surface area (Å²) in [6.07, 6.45) is 7.84. The lowest BCUT2D eigenvalue weighted by Gasteiger charge is -2.05. The van der Waals surface area contributed by atoms with Crippen LogP contribution in [0.1, 0.15) is 37.3 Å². The highest BCUT2D eigenvalue weighted by atomic mass is 16.5. The maximum absolute atomic E-state index is 5.70. The molecule has 0 spiro atoms. The van der Waals surface area contributed by atoms with Gasteiger partial charge in [0.15, 0.2) is 0 Å². The molecule has 2 aromatic rings. The highest BCUT2D eigenvalue weighted by Crippen LogP contribution is 2.15. The standard InChI is InChI=1S/C19H22O/c1-2-3-7-16-20-19-14-12-18(13-15-19)11-10-17-8-5-4-6-9-17/h4-6,8-15H,2-3,7,16H2,1H3/b11-10+. The Balaban J connectivity index is 1.87. The van der Waals surface area contributed by atoms with Gasteiger partial charge in [0, 0.05) is 0 Å². The van der Waals surface area contributed by atoms with E-state index in [-0.39, 0.29) is 0 Å². The number of rotatable bonds is 7. The molecule has 0 N–H and O–H groups in total. The van der Waals surface area contributed by atoms with E-state index < -0.39 is 0 Å². The second kappa shape index (κ2) is 8.21. The number of hydrogen-bond donors (Lipinski definition) is 0. The van der Waals surface area contributed by atoms with E-state index in [1.54, 1.807) is 0 Å². The maximum atomic E-state index is 5.70. The number of unbranched alkanes of at least 4 members (excludes halogenated alkanes) is 2. The molecule has 1 heteroatoms. The van der Waals surface area contributed by atoms with Gasteiger partial charge in [-0.15, -0.1) is 0 Å². The van der Waals surface area contributed by atoms with Crippen LogP contribution in [-0.2, 0) is 0 Å². The van der Waals surface area contributed by atoms with Crippen LogP contribution in [0.15, 0.2) is 54.6 Å². The first-order valence-electron chi connectivity index (χ1n) is 7.34. The Morgan fingerprint density at radius 1 is 0.800 bits per heavy atom. The fourth-order valence-electron chi connectivity index (χ4n) is 1.97. The third-order valence-corrected chi connectivity index (χ3v) is 3.16. The molecule has 0 unspecified atom stereocenters. The highest BCUT2D eigenvalue weighted by Gasteiger charge is 1.94. The number of benzene rings is 2. The topological polar surface area (TPSA) is 9.23 Å². The van der Waals surface area contributed by atoms with E-state index in [9.17, 15) is 0 Å². The minimum Gasteiger partial charge on any atom is -0.494 e. The average molecular weight is 266 g/mol. The Kier molecular flexibility index (Phi) is 5.91. The molecule has 0 bridgehead atoms. The fourth-order valence-corrected chi connectivity index (χ4v) is 1.97. The Morgan fingerprint density at radius 3 is 2.10 bits per heavy atom. The molecule has 0 fully saturated rings. The van der Waals surface area contributed by atoms with Crippen molar-refractivity contribution in [3.05, 3.63) is 65.7 Å². The lowest BCUT2D eigenvalue weighted by Crippen LogP contribution is -1.96. The Hall–Kier alpha value is -2.02. The van der Waals surface area contributed by atoms with Gasteiger partial charge in [0.2, 0.25) is 0 Å². The van der Waals surface area contributed by atoms with Gasteiger partial charge < -0.3 is 4.74 Å². The molecule has 0 aromatic heterocycles. The van der Waals surface area contributed by atoms with Crippen LogP contribution < -0.4 is 4.74 Å². The van der Waals surface area contributed by atoms with Crippen molar-refractivity contribution in [1.82, 2.24) is 0 Å². The predicted octanol–water partition coefficient (Wildman–Crippen LogP) is 5.43. The molecule has 104 valence electrons. The summed E-state index contributed by atoms with van der Waals surface area (Å²) in [5.74, 6) is 0.956. The molecule has 0 radical (unpaired) electrons.